The fourth-order valence-corrected chi connectivity index (χ4v) is 1.54. The molecule has 0 bridgehead atoms. The normalized spacial score (nSPS) is 26.2. The molecule has 0 unspecified atom stereocenters. The van der Waals surface area contributed by atoms with Crippen LogP contribution in [0.5, 0.6) is 0 Å². The van der Waals surface area contributed by atoms with Crippen molar-refractivity contribution in [1.29, 1.82) is 0 Å². The molecule has 1 spiro atoms. The average molecular weight is 152 g/mol. The van der Waals surface area contributed by atoms with Crippen LogP contribution in [-0.4, -0.2) is 13.2 Å². The van der Waals surface area contributed by atoms with E-state index in [0.29, 0.717) is 0 Å². The summed E-state index contributed by atoms with van der Waals surface area (Å²) >= 11 is 0. The van der Waals surface area contributed by atoms with Gasteiger partial charge in [-0.25, -0.2) is 0 Å². The molecule has 0 aromatic carbocycles. The Kier molecular flexibility index (Phi) is 1.60. The number of hydrogen-bond donors (Lipinski definition) is 0. The zero-order valence-electron chi connectivity index (χ0n) is 6.45. The monoisotopic (exact) mass is 152 g/mol. The van der Waals surface area contributed by atoms with Gasteiger partial charge in [-0.3, -0.25) is 0 Å². The highest BCUT2D eigenvalue weighted by atomic mass is 16.5. The Bertz CT molecular complexity index is 172. The SMILES string of the molecule is C1=COCC2(C1)CC=COC2. The zero-order valence-corrected chi connectivity index (χ0v) is 6.45. The number of ether oxygens (including phenoxy) is 2. The van der Waals surface area contributed by atoms with E-state index in [0.717, 1.165) is 26.1 Å². The first-order chi connectivity index (χ1) is 5.41. The van der Waals surface area contributed by atoms with E-state index in [-0.39, 0.29) is 5.41 Å². The zero-order chi connectivity index (χ0) is 7.57. The molecule has 2 heteroatoms. The predicted octanol–water partition coefficient (Wildman–Crippen LogP) is 1.84. The van der Waals surface area contributed by atoms with Crippen LogP contribution in [0.25, 0.3) is 0 Å². The molecule has 0 fully saturated rings. The van der Waals surface area contributed by atoms with E-state index in [4.69, 9.17) is 9.47 Å². The molecule has 0 aliphatic carbocycles. The van der Waals surface area contributed by atoms with Crippen LogP contribution in [0.15, 0.2) is 24.7 Å². The topological polar surface area (TPSA) is 18.5 Å². The molecule has 2 rings (SSSR count). The fourth-order valence-electron chi connectivity index (χ4n) is 1.54. The van der Waals surface area contributed by atoms with Crippen molar-refractivity contribution in [2.24, 2.45) is 5.41 Å². The first-order valence-electron chi connectivity index (χ1n) is 3.95. The standard InChI is InChI=1S/C9H12O2/c1-3-9(7-10-5-1)4-2-6-11-8-9/h1-2,5-6H,3-4,7-8H2. The van der Waals surface area contributed by atoms with E-state index >= 15 is 0 Å². The summed E-state index contributed by atoms with van der Waals surface area (Å²) in [5, 5.41) is 0. The highest BCUT2D eigenvalue weighted by Gasteiger charge is 2.32. The van der Waals surface area contributed by atoms with E-state index in [1.165, 1.54) is 0 Å². The lowest BCUT2D eigenvalue weighted by Crippen LogP contribution is -2.33. The van der Waals surface area contributed by atoms with Crippen molar-refractivity contribution in [2.45, 2.75) is 12.8 Å². The van der Waals surface area contributed by atoms with E-state index < -0.39 is 0 Å². The second-order valence-electron chi connectivity index (χ2n) is 3.27. The summed E-state index contributed by atoms with van der Waals surface area (Å²) in [5.74, 6) is 0. The van der Waals surface area contributed by atoms with E-state index in [1.54, 1.807) is 12.5 Å². The van der Waals surface area contributed by atoms with Gasteiger partial charge in [-0.2, -0.15) is 0 Å². The lowest BCUT2D eigenvalue weighted by molar-refractivity contribution is 0.0187. The third kappa shape index (κ3) is 1.25. The van der Waals surface area contributed by atoms with Gasteiger partial charge in [0.1, 0.15) is 0 Å². The van der Waals surface area contributed by atoms with Gasteiger partial charge in [-0.15, -0.1) is 0 Å². The molecule has 0 N–H and O–H groups in total. The molecular weight excluding hydrogens is 140 g/mol. The molecule has 2 heterocycles. The van der Waals surface area contributed by atoms with Crippen molar-refractivity contribution in [1.82, 2.24) is 0 Å². The highest BCUT2D eigenvalue weighted by Crippen LogP contribution is 2.33. The van der Waals surface area contributed by atoms with Crippen LogP contribution in [-0.2, 0) is 9.47 Å². The Morgan fingerprint density at radius 1 is 0.909 bits per heavy atom. The molecule has 2 aliphatic heterocycles. The molecule has 60 valence electrons. The smallest absolute Gasteiger partial charge is 0.0968 e. The maximum Gasteiger partial charge on any atom is 0.0968 e. The molecule has 0 atom stereocenters. The van der Waals surface area contributed by atoms with Crippen LogP contribution in [0.4, 0.5) is 0 Å². The maximum atomic E-state index is 5.27. The first kappa shape index (κ1) is 6.77. The Balaban J connectivity index is 2.09. The summed E-state index contributed by atoms with van der Waals surface area (Å²) in [7, 11) is 0. The summed E-state index contributed by atoms with van der Waals surface area (Å²) < 4.78 is 10.5. The highest BCUT2D eigenvalue weighted by molar-refractivity contribution is 4.99. The lowest BCUT2D eigenvalue weighted by atomic mass is 9.81. The molecule has 0 aromatic heterocycles. The number of hydrogen-bond acceptors (Lipinski definition) is 2. The van der Waals surface area contributed by atoms with Gasteiger partial charge in [0.05, 0.1) is 25.7 Å². The first-order valence-corrected chi connectivity index (χ1v) is 3.95. The molecular formula is C9H12O2. The van der Waals surface area contributed by atoms with Gasteiger partial charge in [0.2, 0.25) is 0 Å². The second-order valence-corrected chi connectivity index (χ2v) is 3.27. The van der Waals surface area contributed by atoms with Crippen molar-refractivity contribution in [2.75, 3.05) is 13.2 Å². The molecule has 2 nitrogen and oxygen atoms in total. The van der Waals surface area contributed by atoms with Crippen LogP contribution in [0.2, 0.25) is 0 Å². The van der Waals surface area contributed by atoms with Gasteiger partial charge in [-0.1, -0.05) is 0 Å². The van der Waals surface area contributed by atoms with Crippen molar-refractivity contribution in [3.8, 4) is 0 Å². The van der Waals surface area contributed by atoms with Crippen molar-refractivity contribution >= 4 is 0 Å². The van der Waals surface area contributed by atoms with Crippen LogP contribution in [0, 0.1) is 5.41 Å². The summed E-state index contributed by atoms with van der Waals surface area (Å²) in [4.78, 5) is 0. The van der Waals surface area contributed by atoms with Gasteiger partial charge in [0, 0.05) is 5.41 Å². The molecule has 0 radical (unpaired) electrons. The van der Waals surface area contributed by atoms with Crippen molar-refractivity contribution in [3.05, 3.63) is 24.7 Å². The van der Waals surface area contributed by atoms with Gasteiger partial charge >= 0.3 is 0 Å². The Labute approximate surface area is 66.5 Å². The van der Waals surface area contributed by atoms with Gasteiger partial charge in [0.25, 0.3) is 0 Å². The largest absolute Gasteiger partial charge is 0.501 e. The third-order valence-electron chi connectivity index (χ3n) is 2.27. The summed E-state index contributed by atoms with van der Waals surface area (Å²) in [6, 6.07) is 0. The Morgan fingerprint density at radius 3 is 1.82 bits per heavy atom. The minimum Gasteiger partial charge on any atom is -0.501 e. The molecule has 0 amide bonds. The van der Waals surface area contributed by atoms with Crippen molar-refractivity contribution in [3.63, 3.8) is 0 Å². The summed E-state index contributed by atoms with van der Waals surface area (Å²) in [6.07, 6.45) is 9.87. The predicted molar refractivity (Wildman–Crippen MR) is 41.9 cm³/mol. The molecule has 0 saturated carbocycles. The van der Waals surface area contributed by atoms with Crippen LogP contribution in [0.1, 0.15) is 12.8 Å². The van der Waals surface area contributed by atoms with Gasteiger partial charge in [0.15, 0.2) is 0 Å². The second kappa shape index (κ2) is 2.61. The summed E-state index contributed by atoms with van der Waals surface area (Å²) in [5.41, 5.74) is 0.240. The molecule has 0 aromatic rings. The minimum atomic E-state index is 0.240. The minimum absolute atomic E-state index is 0.240. The van der Waals surface area contributed by atoms with Crippen LogP contribution in [0.3, 0.4) is 0 Å². The molecule has 2 aliphatic rings. The molecule has 0 saturated heterocycles. The molecule has 11 heavy (non-hydrogen) atoms. The Hall–Kier alpha value is -0.920. The van der Waals surface area contributed by atoms with Crippen molar-refractivity contribution < 1.29 is 9.47 Å². The number of rotatable bonds is 0. The van der Waals surface area contributed by atoms with E-state index in [9.17, 15) is 0 Å². The average Bonchev–Trinajstić information content (AvgIpc) is 2.07. The fraction of sp³-hybridized carbons (Fsp3) is 0.556. The maximum absolute atomic E-state index is 5.27. The van der Waals surface area contributed by atoms with E-state index in [1.807, 2.05) is 0 Å². The van der Waals surface area contributed by atoms with E-state index in [2.05, 4.69) is 12.2 Å². The van der Waals surface area contributed by atoms with Crippen LogP contribution >= 0.6 is 0 Å². The van der Waals surface area contributed by atoms with Crippen LogP contribution < -0.4 is 0 Å². The van der Waals surface area contributed by atoms with Gasteiger partial charge in [-0.05, 0) is 25.0 Å². The quantitative estimate of drug-likeness (QED) is 0.527. The van der Waals surface area contributed by atoms with Gasteiger partial charge < -0.3 is 9.47 Å². The summed E-state index contributed by atoms with van der Waals surface area (Å²) in [6.45, 7) is 1.60. The lowest BCUT2D eigenvalue weighted by Gasteiger charge is -2.34. The number of allylic oxidation sites excluding steroid dienone is 2. The Morgan fingerprint density at radius 2 is 1.45 bits per heavy atom. The third-order valence-corrected chi connectivity index (χ3v) is 2.27.